The van der Waals surface area contributed by atoms with Gasteiger partial charge in [-0.1, -0.05) is 6.92 Å². The normalized spacial score (nSPS) is 17.3. The van der Waals surface area contributed by atoms with Crippen LogP contribution in [-0.2, 0) is 6.42 Å². The van der Waals surface area contributed by atoms with Crippen LogP contribution in [-0.4, -0.2) is 57.7 Å². The molecule has 0 radical (unpaired) electrons. The van der Waals surface area contributed by atoms with Gasteiger partial charge in [-0.05, 0) is 13.5 Å². The molecule has 0 amide bonds. The average Bonchev–Trinajstić information content (AvgIpc) is 2.84. The van der Waals surface area contributed by atoms with E-state index >= 15 is 0 Å². The second-order valence-electron chi connectivity index (χ2n) is 5.12. The van der Waals surface area contributed by atoms with Crippen LogP contribution in [0.4, 0.5) is 5.95 Å². The number of imidazole rings is 1. The van der Waals surface area contributed by atoms with Crippen molar-refractivity contribution in [2.75, 3.05) is 38.1 Å². The number of anilines is 1. The lowest BCUT2D eigenvalue weighted by atomic mass is 10.3. The number of likely N-dealkylation sites (N-methyl/N-ethyl adjacent to an activating group) is 1. The fourth-order valence-electron chi connectivity index (χ4n) is 2.52. The molecule has 1 aliphatic rings. The summed E-state index contributed by atoms with van der Waals surface area (Å²) in [4.78, 5) is 9.15. The van der Waals surface area contributed by atoms with Gasteiger partial charge in [-0.3, -0.25) is 4.40 Å². The van der Waals surface area contributed by atoms with Crippen LogP contribution >= 0.6 is 0 Å². The Bertz CT molecular complexity index is 555. The maximum atomic E-state index is 4.50. The summed E-state index contributed by atoms with van der Waals surface area (Å²) in [5, 5.41) is 8.47. The van der Waals surface area contributed by atoms with E-state index in [0.29, 0.717) is 0 Å². The lowest BCUT2D eigenvalue weighted by molar-refractivity contribution is 0.310. The molecule has 3 heterocycles. The van der Waals surface area contributed by atoms with E-state index in [4.69, 9.17) is 0 Å². The van der Waals surface area contributed by atoms with Crippen molar-refractivity contribution in [2.45, 2.75) is 19.8 Å². The zero-order chi connectivity index (χ0) is 13.2. The fourth-order valence-corrected chi connectivity index (χ4v) is 2.52. The number of hydrogen-bond acceptors (Lipinski definition) is 5. The standard InChI is InChI=1S/C13H20N6/c1-3-4-12-14-9-11-10-15-16-13(19(11)12)18-7-5-17(2)6-8-18/h9-10H,3-8H2,1-2H3. The smallest absolute Gasteiger partial charge is 0.231 e. The molecule has 0 bridgehead atoms. The van der Waals surface area contributed by atoms with Crippen LogP contribution in [0.2, 0.25) is 0 Å². The number of aryl methyl sites for hydroxylation is 1. The Morgan fingerprint density at radius 2 is 1.95 bits per heavy atom. The van der Waals surface area contributed by atoms with Crippen LogP contribution in [0, 0.1) is 0 Å². The molecule has 1 fully saturated rings. The molecule has 0 N–H and O–H groups in total. The SMILES string of the molecule is CCCc1ncc2cnnc(N3CCN(C)CC3)n12. The van der Waals surface area contributed by atoms with E-state index in [0.717, 1.165) is 56.3 Å². The monoisotopic (exact) mass is 260 g/mol. The first-order valence-corrected chi connectivity index (χ1v) is 6.91. The molecule has 6 nitrogen and oxygen atoms in total. The molecule has 102 valence electrons. The van der Waals surface area contributed by atoms with E-state index in [9.17, 15) is 0 Å². The summed E-state index contributed by atoms with van der Waals surface area (Å²) in [5.74, 6) is 2.02. The molecular formula is C13H20N6. The maximum Gasteiger partial charge on any atom is 0.231 e. The van der Waals surface area contributed by atoms with Gasteiger partial charge in [-0.15, -0.1) is 5.10 Å². The average molecular weight is 260 g/mol. The highest BCUT2D eigenvalue weighted by molar-refractivity contribution is 5.50. The summed E-state index contributed by atoms with van der Waals surface area (Å²) >= 11 is 0. The zero-order valence-electron chi connectivity index (χ0n) is 11.6. The van der Waals surface area contributed by atoms with Gasteiger partial charge in [0.2, 0.25) is 5.95 Å². The fraction of sp³-hybridized carbons (Fsp3) is 0.615. The predicted octanol–water partition coefficient (Wildman–Crippen LogP) is 0.829. The third-order valence-electron chi connectivity index (χ3n) is 3.66. The van der Waals surface area contributed by atoms with Crippen molar-refractivity contribution in [1.82, 2.24) is 24.5 Å². The Morgan fingerprint density at radius 1 is 1.16 bits per heavy atom. The van der Waals surface area contributed by atoms with E-state index < -0.39 is 0 Å². The van der Waals surface area contributed by atoms with Gasteiger partial charge in [0.1, 0.15) is 5.82 Å². The van der Waals surface area contributed by atoms with Gasteiger partial charge in [0.25, 0.3) is 0 Å². The van der Waals surface area contributed by atoms with Gasteiger partial charge in [0, 0.05) is 32.6 Å². The molecule has 0 atom stereocenters. The predicted molar refractivity (Wildman–Crippen MR) is 74.5 cm³/mol. The minimum atomic E-state index is 0.937. The van der Waals surface area contributed by atoms with Gasteiger partial charge in [-0.25, -0.2) is 4.98 Å². The van der Waals surface area contributed by atoms with Crippen LogP contribution < -0.4 is 4.90 Å². The van der Waals surface area contributed by atoms with Crippen molar-refractivity contribution in [3.8, 4) is 0 Å². The van der Waals surface area contributed by atoms with E-state index in [1.54, 1.807) is 6.20 Å². The van der Waals surface area contributed by atoms with Crippen molar-refractivity contribution >= 4 is 11.5 Å². The first-order valence-electron chi connectivity index (χ1n) is 6.91. The molecule has 2 aromatic rings. The van der Waals surface area contributed by atoms with E-state index in [2.05, 4.69) is 43.4 Å². The third kappa shape index (κ3) is 2.28. The molecular weight excluding hydrogens is 240 g/mol. The first kappa shape index (κ1) is 12.3. The molecule has 1 aliphatic heterocycles. The largest absolute Gasteiger partial charge is 0.338 e. The van der Waals surface area contributed by atoms with E-state index in [-0.39, 0.29) is 0 Å². The number of aromatic nitrogens is 4. The summed E-state index contributed by atoms with van der Waals surface area (Å²) in [7, 11) is 2.16. The van der Waals surface area contributed by atoms with Crippen molar-refractivity contribution in [2.24, 2.45) is 0 Å². The van der Waals surface area contributed by atoms with Crippen molar-refractivity contribution in [1.29, 1.82) is 0 Å². The second kappa shape index (κ2) is 5.13. The van der Waals surface area contributed by atoms with Gasteiger partial charge >= 0.3 is 0 Å². The van der Waals surface area contributed by atoms with Crippen molar-refractivity contribution < 1.29 is 0 Å². The Balaban J connectivity index is 2.00. The number of hydrogen-bond donors (Lipinski definition) is 0. The Kier molecular flexibility index (Phi) is 3.33. The minimum Gasteiger partial charge on any atom is -0.338 e. The lowest BCUT2D eigenvalue weighted by Gasteiger charge is -2.33. The highest BCUT2D eigenvalue weighted by Crippen LogP contribution is 2.17. The van der Waals surface area contributed by atoms with Crippen LogP contribution in [0.25, 0.3) is 5.52 Å². The quantitative estimate of drug-likeness (QED) is 0.818. The molecule has 0 aromatic carbocycles. The molecule has 3 rings (SSSR count). The summed E-state index contributed by atoms with van der Waals surface area (Å²) in [6.07, 6.45) is 5.73. The van der Waals surface area contributed by atoms with Gasteiger partial charge in [-0.2, -0.15) is 5.10 Å². The van der Waals surface area contributed by atoms with Crippen molar-refractivity contribution in [3.63, 3.8) is 0 Å². The third-order valence-corrected chi connectivity index (χ3v) is 3.66. The molecule has 0 aliphatic carbocycles. The minimum absolute atomic E-state index is 0.937. The Labute approximate surface area is 113 Å². The Hall–Kier alpha value is -1.69. The molecule has 0 saturated carbocycles. The number of fused-ring (bicyclic) bond motifs is 1. The number of nitrogens with zero attached hydrogens (tertiary/aromatic N) is 6. The highest BCUT2D eigenvalue weighted by atomic mass is 15.4. The molecule has 19 heavy (non-hydrogen) atoms. The molecule has 0 unspecified atom stereocenters. The molecule has 2 aromatic heterocycles. The Morgan fingerprint density at radius 3 is 2.68 bits per heavy atom. The van der Waals surface area contributed by atoms with Crippen molar-refractivity contribution in [3.05, 3.63) is 18.2 Å². The first-order chi connectivity index (χ1) is 9.29. The van der Waals surface area contributed by atoms with Gasteiger partial charge < -0.3 is 9.80 Å². The number of piperazine rings is 1. The molecule has 1 saturated heterocycles. The summed E-state index contributed by atoms with van der Waals surface area (Å²) in [5.41, 5.74) is 1.03. The zero-order valence-corrected chi connectivity index (χ0v) is 11.6. The summed E-state index contributed by atoms with van der Waals surface area (Å²) in [6, 6.07) is 0. The highest BCUT2D eigenvalue weighted by Gasteiger charge is 2.19. The molecule has 6 heteroatoms. The van der Waals surface area contributed by atoms with E-state index in [1.165, 1.54) is 0 Å². The topological polar surface area (TPSA) is 49.6 Å². The van der Waals surface area contributed by atoms with Gasteiger partial charge in [0.15, 0.2) is 0 Å². The van der Waals surface area contributed by atoms with Crippen LogP contribution in [0.1, 0.15) is 19.2 Å². The van der Waals surface area contributed by atoms with Crippen LogP contribution in [0.15, 0.2) is 12.4 Å². The second-order valence-corrected chi connectivity index (χ2v) is 5.12. The van der Waals surface area contributed by atoms with Crippen LogP contribution in [0.3, 0.4) is 0 Å². The number of rotatable bonds is 3. The van der Waals surface area contributed by atoms with Gasteiger partial charge in [0.05, 0.1) is 17.9 Å². The summed E-state index contributed by atoms with van der Waals surface area (Å²) < 4.78 is 2.15. The molecule has 0 spiro atoms. The lowest BCUT2D eigenvalue weighted by Crippen LogP contribution is -2.45. The maximum absolute atomic E-state index is 4.50. The van der Waals surface area contributed by atoms with Crippen LogP contribution in [0.5, 0.6) is 0 Å². The van der Waals surface area contributed by atoms with E-state index in [1.807, 2.05) is 6.20 Å². The summed E-state index contributed by atoms with van der Waals surface area (Å²) in [6.45, 7) is 6.29.